The average Bonchev–Trinajstić information content (AvgIpc) is 1.98. The van der Waals surface area contributed by atoms with Gasteiger partial charge >= 0.3 is 0 Å². The summed E-state index contributed by atoms with van der Waals surface area (Å²) in [6, 6.07) is 6.12. The Morgan fingerprint density at radius 1 is 1.36 bits per heavy atom. The van der Waals surface area contributed by atoms with Crippen molar-refractivity contribution in [1.82, 2.24) is 0 Å². The van der Waals surface area contributed by atoms with E-state index in [9.17, 15) is 0 Å². The van der Waals surface area contributed by atoms with E-state index in [4.69, 9.17) is 0 Å². The van der Waals surface area contributed by atoms with E-state index in [-0.39, 0.29) is 0 Å². The second kappa shape index (κ2) is 3.59. The zero-order valence-electron chi connectivity index (χ0n) is 6.61. The van der Waals surface area contributed by atoms with E-state index in [2.05, 4.69) is 40.8 Å². The molecule has 0 aliphatic heterocycles. The molecule has 1 aromatic carbocycles. The van der Waals surface area contributed by atoms with Crippen molar-refractivity contribution in [3.8, 4) is 11.8 Å². The normalized spacial score (nSPS) is 8.64. The molecule has 0 aliphatic rings. The van der Waals surface area contributed by atoms with Crippen molar-refractivity contribution in [3.05, 3.63) is 33.8 Å². The van der Waals surface area contributed by atoms with Crippen LogP contribution in [0.4, 0.5) is 0 Å². The van der Waals surface area contributed by atoms with Crippen molar-refractivity contribution in [2.24, 2.45) is 0 Å². The van der Waals surface area contributed by atoms with Crippen molar-refractivity contribution in [1.29, 1.82) is 0 Å². The topological polar surface area (TPSA) is 0 Å². The van der Waals surface area contributed by atoms with Crippen molar-refractivity contribution < 1.29 is 0 Å². The van der Waals surface area contributed by atoms with Gasteiger partial charge in [-0.1, -0.05) is 27.9 Å². The molecule has 11 heavy (non-hydrogen) atoms. The van der Waals surface area contributed by atoms with E-state index in [0.717, 1.165) is 10.0 Å². The number of benzene rings is 1. The first-order valence-electron chi connectivity index (χ1n) is 3.43. The lowest BCUT2D eigenvalue weighted by Crippen LogP contribution is -1.80. The fourth-order valence-electron chi connectivity index (χ4n) is 0.864. The maximum atomic E-state index is 3.40. The largest absolute Gasteiger partial charge is 0.101 e. The Morgan fingerprint density at radius 3 is 2.73 bits per heavy atom. The molecule has 1 rings (SSSR count). The molecule has 0 bridgehead atoms. The molecule has 56 valence electrons. The van der Waals surface area contributed by atoms with E-state index in [1.807, 2.05) is 19.1 Å². The quantitative estimate of drug-likeness (QED) is 0.576. The molecule has 1 heteroatoms. The first-order chi connectivity index (χ1) is 5.24. The summed E-state index contributed by atoms with van der Waals surface area (Å²) in [5.41, 5.74) is 2.32. The molecule has 0 aliphatic carbocycles. The van der Waals surface area contributed by atoms with E-state index < -0.39 is 0 Å². The standard InChI is InChI=1S/C10H9Br/c1-3-4-9-7-10(11)6-5-8(9)2/h5-7H,1-2H3. The molecule has 0 aromatic heterocycles. The lowest BCUT2D eigenvalue weighted by atomic mass is 10.1. The molecule has 0 nitrogen and oxygen atoms in total. The van der Waals surface area contributed by atoms with Crippen LogP contribution < -0.4 is 0 Å². The maximum absolute atomic E-state index is 3.40. The second-order valence-corrected chi connectivity index (χ2v) is 3.25. The van der Waals surface area contributed by atoms with Gasteiger partial charge in [0.05, 0.1) is 0 Å². The van der Waals surface area contributed by atoms with E-state index in [0.29, 0.717) is 0 Å². The van der Waals surface area contributed by atoms with E-state index in [1.54, 1.807) is 0 Å². The summed E-state index contributed by atoms with van der Waals surface area (Å²) in [6.45, 7) is 3.91. The summed E-state index contributed by atoms with van der Waals surface area (Å²) in [7, 11) is 0. The molecule has 0 radical (unpaired) electrons. The molecule has 0 saturated carbocycles. The average molecular weight is 209 g/mol. The van der Waals surface area contributed by atoms with Crippen molar-refractivity contribution in [3.63, 3.8) is 0 Å². The molecule has 0 N–H and O–H groups in total. The Kier molecular flexibility index (Phi) is 2.73. The summed E-state index contributed by atoms with van der Waals surface area (Å²) < 4.78 is 1.08. The minimum atomic E-state index is 1.08. The third-order valence-corrected chi connectivity index (χ3v) is 1.95. The van der Waals surface area contributed by atoms with Gasteiger partial charge in [-0.05, 0) is 31.5 Å². The number of hydrogen-bond acceptors (Lipinski definition) is 0. The van der Waals surface area contributed by atoms with Gasteiger partial charge in [0.25, 0.3) is 0 Å². The Hall–Kier alpha value is -0.740. The first-order valence-corrected chi connectivity index (χ1v) is 4.22. The molecule has 0 heterocycles. The zero-order valence-corrected chi connectivity index (χ0v) is 8.20. The van der Waals surface area contributed by atoms with Crippen LogP contribution in [0, 0.1) is 18.8 Å². The van der Waals surface area contributed by atoms with Gasteiger partial charge in [0.2, 0.25) is 0 Å². The van der Waals surface area contributed by atoms with E-state index in [1.165, 1.54) is 5.56 Å². The van der Waals surface area contributed by atoms with Gasteiger partial charge in [-0.15, -0.1) is 5.92 Å². The molecular formula is C10H9Br. The van der Waals surface area contributed by atoms with Crippen LogP contribution in [0.5, 0.6) is 0 Å². The van der Waals surface area contributed by atoms with Gasteiger partial charge < -0.3 is 0 Å². The Balaban J connectivity index is 3.19. The molecule has 0 atom stereocenters. The monoisotopic (exact) mass is 208 g/mol. The predicted octanol–water partition coefficient (Wildman–Crippen LogP) is 3.13. The van der Waals surface area contributed by atoms with Crippen LogP contribution in [0.1, 0.15) is 18.1 Å². The predicted molar refractivity (Wildman–Crippen MR) is 51.4 cm³/mol. The zero-order chi connectivity index (χ0) is 8.27. The van der Waals surface area contributed by atoms with Crippen LogP contribution in [-0.2, 0) is 0 Å². The van der Waals surface area contributed by atoms with Gasteiger partial charge in [-0.3, -0.25) is 0 Å². The van der Waals surface area contributed by atoms with Crippen LogP contribution >= 0.6 is 15.9 Å². The minimum Gasteiger partial charge on any atom is -0.101 e. The Bertz CT molecular complexity index is 315. The molecule has 0 unspecified atom stereocenters. The highest BCUT2D eigenvalue weighted by Gasteiger charge is 1.93. The van der Waals surface area contributed by atoms with Crippen molar-refractivity contribution in [2.75, 3.05) is 0 Å². The van der Waals surface area contributed by atoms with E-state index >= 15 is 0 Å². The lowest BCUT2D eigenvalue weighted by Gasteiger charge is -1.97. The van der Waals surface area contributed by atoms with Gasteiger partial charge in [0, 0.05) is 10.0 Å². The van der Waals surface area contributed by atoms with Gasteiger partial charge in [0.1, 0.15) is 0 Å². The minimum absolute atomic E-state index is 1.08. The molecule has 0 fully saturated rings. The third-order valence-electron chi connectivity index (χ3n) is 1.46. The lowest BCUT2D eigenvalue weighted by molar-refractivity contribution is 1.42. The summed E-state index contributed by atoms with van der Waals surface area (Å²) in [6.07, 6.45) is 0. The molecular weight excluding hydrogens is 200 g/mol. The van der Waals surface area contributed by atoms with Crippen molar-refractivity contribution >= 4 is 15.9 Å². The summed E-state index contributed by atoms with van der Waals surface area (Å²) in [5, 5.41) is 0. The summed E-state index contributed by atoms with van der Waals surface area (Å²) >= 11 is 3.40. The third kappa shape index (κ3) is 2.10. The molecule has 0 saturated heterocycles. The molecule has 0 spiro atoms. The van der Waals surface area contributed by atoms with Crippen molar-refractivity contribution in [2.45, 2.75) is 13.8 Å². The highest BCUT2D eigenvalue weighted by atomic mass is 79.9. The second-order valence-electron chi connectivity index (χ2n) is 2.33. The SMILES string of the molecule is CC#Cc1cc(Br)ccc1C. The van der Waals surface area contributed by atoms with Crippen LogP contribution in [0.2, 0.25) is 0 Å². The Labute approximate surface area is 75.8 Å². The first kappa shape index (κ1) is 8.36. The highest BCUT2D eigenvalue weighted by molar-refractivity contribution is 9.10. The maximum Gasteiger partial charge on any atom is 0.0285 e. The van der Waals surface area contributed by atoms with Crippen LogP contribution in [-0.4, -0.2) is 0 Å². The van der Waals surface area contributed by atoms with Gasteiger partial charge in [-0.25, -0.2) is 0 Å². The fourth-order valence-corrected chi connectivity index (χ4v) is 1.22. The summed E-state index contributed by atoms with van der Waals surface area (Å²) in [4.78, 5) is 0. The van der Waals surface area contributed by atoms with Gasteiger partial charge in [-0.2, -0.15) is 0 Å². The number of rotatable bonds is 0. The number of hydrogen-bond donors (Lipinski definition) is 0. The molecule has 1 aromatic rings. The number of halogens is 1. The van der Waals surface area contributed by atoms with Crippen LogP contribution in [0.15, 0.2) is 22.7 Å². The summed E-state index contributed by atoms with van der Waals surface area (Å²) in [5.74, 6) is 5.92. The Morgan fingerprint density at radius 2 is 2.09 bits per heavy atom. The molecule has 0 amide bonds. The van der Waals surface area contributed by atoms with Gasteiger partial charge in [0.15, 0.2) is 0 Å². The van der Waals surface area contributed by atoms with Crippen LogP contribution in [0.3, 0.4) is 0 Å². The fraction of sp³-hybridized carbons (Fsp3) is 0.200. The number of aryl methyl sites for hydroxylation is 1. The smallest absolute Gasteiger partial charge is 0.0285 e. The van der Waals surface area contributed by atoms with Crippen LogP contribution in [0.25, 0.3) is 0 Å². The highest BCUT2D eigenvalue weighted by Crippen LogP contribution is 2.14.